The molecule has 0 bridgehead atoms. The maximum atomic E-state index is 5.79. The summed E-state index contributed by atoms with van der Waals surface area (Å²) in [5.41, 5.74) is 0. The van der Waals surface area contributed by atoms with Gasteiger partial charge in [0.25, 0.3) is 0 Å². The summed E-state index contributed by atoms with van der Waals surface area (Å²) in [7, 11) is 0. The molecule has 0 radical (unpaired) electrons. The molecule has 2 rings (SSSR count). The highest BCUT2D eigenvalue weighted by molar-refractivity contribution is 4.85. The van der Waals surface area contributed by atoms with Gasteiger partial charge in [-0.15, -0.1) is 0 Å². The summed E-state index contributed by atoms with van der Waals surface area (Å²) >= 11 is 0. The van der Waals surface area contributed by atoms with Gasteiger partial charge in [0.05, 0.1) is 6.61 Å². The smallest absolute Gasteiger partial charge is 0.0621 e. The largest absolute Gasteiger partial charge is 0.380 e. The molecule has 3 heteroatoms. The van der Waals surface area contributed by atoms with Crippen LogP contribution in [0.2, 0.25) is 0 Å². The Morgan fingerprint density at radius 1 is 1.29 bits per heavy atom. The normalized spacial score (nSPS) is 30.2. The summed E-state index contributed by atoms with van der Waals surface area (Å²) in [6.07, 6.45) is 7.85. The number of hydrogen-bond donors (Lipinski definition) is 1. The topological polar surface area (TPSA) is 24.5 Å². The van der Waals surface area contributed by atoms with Crippen molar-refractivity contribution in [2.45, 2.75) is 57.5 Å². The molecule has 2 fully saturated rings. The molecule has 2 atom stereocenters. The molecule has 0 amide bonds. The number of likely N-dealkylation sites (tertiary alicyclic amines) is 1. The average molecular weight is 240 g/mol. The van der Waals surface area contributed by atoms with Gasteiger partial charge in [0.1, 0.15) is 0 Å². The number of rotatable bonds is 7. The van der Waals surface area contributed by atoms with Crippen molar-refractivity contribution in [2.75, 3.05) is 32.8 Å². The van der Waals surface area contributed by atoms with Gasteiger partial charge in [-0.3, -0.25) is 4.90 Å². The highest BCUT2D eigenvalue weighted by Gasteiger charge is 2.27. The number of hydrogen-bond acceptors (Lipinski definition) is 3. The van der Waals surface area contributed by atoms with Crippen LogP contribution in [0.5, 0.6) is 0 Å². The molecule has 0 unspecified atom stereocenters. The zero-order valence-corrected chi connectivity index (χ0v) is 11.3. The Labute approximate surface area is 106 Å². The molecule has 2 saturated heterocycles. The lowest BCUT2D eigenvalue weighted by atomic mass is 10.2. The van der Waals surface area contributed by atoms with E-state index in [1.165, 1.54) is 58.2 Å². The first-order chi connectivity index (χ1) is 8.40. The molecule has 0 spiro atoms. The van der Waals surface area contributed by atoms with E-state index in [1.54, 1.807) is 0 Å². The Bertz CT molecular complexity index is 204. The Morgan fingerprint density at radius 3 is 3.00 bits per heavy atom. The second-order valence-electron chi connectivity index (χ2n) is 5.51. The van der Waals surface area contributed by atoms with Crippen molar-refractivity contribution < 1.29 is 4.74 Å². The lowest BCUT2D eigenvalue weighted by Gasteiger charge is -2.27. The molecule has 100 valence electrons. The third kappa shape index (κ3) is 4.23. The molecule has 3 nitrogen and oxygen atoms in total. The third-order valence-electron chi connectivity index (χ3n) is 4.07. The maximum absolute atomic E-state index is 5.79. The van der Waals surface area contributed by atoms with E-state index >= 15 is 0 Å². The fourth-order valence-corrected chi connectivity index (χ4v) is 2.99. The van der Waals surface area contributed by atoms with Gasteiger partial charge in [-0.2, -0.15) is 0 Å². The van der Waals surface area contributed by atoms with Gasteiger partial charge < -0.3 is 10.1 Å². The number of unbranched alkanes of at least 4 members (excludes halogenated alkanes) is 1. The maximum Gasteiger partial charge on any atom is 0.0621 e. The van der Waals surface area contributed by atoms with E-state index in [-0.39, 0.29) is 0 Å². The van der Waals surface area contributed by atoms with Crippen LogP contribution in [0, 0.1) is 0 Å². The van der Waals surface area contributed by atoms with Crippen molar-refractivity contribution in [3.8, 4) is 0 Å². The second kappa shape index (κ2) is 7.34. The lowest BCUT2D eigenvalue weighted by molar-refractivity contribution is 0.0725. The quantitative estimate of drug-likeness (QED) is 0.689. The lowest BCUT2D eigenvalue weighted by Crippen LogP contribution is -2.41. The van der Waals surface area contributed by atoms with E-state index in [0.29, 0.717) is 6.04 Å². The van der Waals surface area contributed by atoms with E-state index in [1.807, 2.05) is 0 Å². The van der Waals surface area contributed by atoms with Crippen molar-refractivity contribution >= 4 is 0 Å². The molecule has 0 aromatic rings. The van der Waals surface area contributed by atoms with Crippen LogP contribution in [-0.2, 0) is 4.74 Å². The molecule has 1 N–H and O–H groups in total. The van der Waals surface area contributed by atoms with Crippen molar-refractivity contribution in [1.29, 1.82) is 0 Å². The van der Waals surface area contributed by atoms with Crippen LogP contribution < -0.4 is 5.32 Å². The predicted octanol–water partition coefficient (Wildman–Crippen LogP) is 2.02. The van der Waals surface area contributed by atoms with E-state index in [0.717, 1.165) is 19.3 Å². The number of ether oxygens (including phenoxy) is 1. The molecule has 0 aromatic heterocycles. The molecule has 2 aliphatic heterocycles. The summed E-state index contributed by atoms with van der Waals surface area (Å²) in [6.45, 7) is 7.85. The van der Waals surface area contributed by atoms with Gasteiger partial charge in [0.2, 0.25) is 0 Å². The Hall–Kier alpha value is -0.120. The molecule has 0 saturated carbocycles. The minimum Gasteiger partial charge on any atom is -0.380 e. The van der Waals surface area contributed by atoms with Crippen molar-refractivity contribution in [2.24, 2.45) is 0 Å². The van der Waals surface area contributed by atoms with Gasteiger partial charge in [0.15, 0.2) is 0 Å². The Kier molecular flexibility index (Phi) is 5.75. The van der Waals surface area contributed by atoms with Gasteiger partial charge in [-0.05, 0) is 45.2 Å². The first-order valence-corrected chi connectivity index (χ1v) is 7.45. The molecule has 0 aromatic carbocycles. The molecule has 0 aliphatic carbocycles. The molecular formula is C14H28N2O. The van der Waals surface area contributed by atoms with Crippen LogP contribution in [0.25, 0.3) is 0 Å². The summed E-state index contributed by atoms with van der Waals surface area (Å²) in [4.78, 5) is 2.65. The van der Waals surface area contributed by atoms with Crippen LogP contribution in [0.1, 0.15) is 45.4 Å². The Morgan fingerprint density at radius 2 is 2.24 bits per heavy atom. The number of nitrogens with one attached hydrogen (secondary N) is 1. The summed E-state index contributed by atoms with van der Waals surface area (Å²) in [5.74, 6) is 0. The van der Waals surface area contributed by atoms with E-state index < -0.39 is 0 Å². The van der Waals surface area contributed by atoms with Gasteiger partial charge >= 0.3 is 0 Å². The highest BCUT2D eigenvalue weighted by atomic mass is 16.5. The summed E-state index contributed by atoms with van der Waals surface area (Å²) in [6, 6.07) is 1.43. The van der Waals surface area contributed by atoms with Crippen LogP contribution in [0.15, 0.2) is 0 Å². The van der Waals surface area contributed by atoms with Crippen molar-refractivity contribution in [1.82, 2.24) is 10.2 Å². The van der Waals surface area contributed by atoms with E-state index in [4.69, 9.17) is 4.74 Å². The molecular weight excluding hydrogens is 212 g/mol. The van der Waals surface area contributed by atoms with E-state index in [9.17, 15) is 0 Å². The predicted molar refractivity (Wildman–Crippen MR) is 71.3 cm³/mol. The third-order valence-corrected chi connectivity index (χ3v) is 4.07. The van der Waals surface area contributed by atoms with Crippen molar-refractivity contribution in [3.63, 3.8) is 0 Å². The van der Waals surface area contributed by atoms with Gasteiger partial charge in [-0.1, -0.05) is 13.3 Å². The standard InChI is InChI=1S/C14H28N2O/c1-2-3-10-17-12-14-7-5-9-16(14)11-13-6-4-8-15-13/h13-15H,2-12H2,1H3/t13-,14-/m0/s1. The van der Waals surface area contributed by atoms with Gasteiger partial charge in [0, 0.05) is 25.2 Å². The van der Waals surface area contributed by atoms with E-state index in [2.05, 4.69) is 17.1 Å². The van der Waals surface area contributed by atoms with Gasteiger partial charge in [-0.25, -0.2) is 0 Å². The SMILES string of the molecule is CCCCOC[C@@H]1CCCN1C[C@@H]1CCCN1. The zero-order chi connectivity index (χ0) is 11.9. The van der Waals surface area contributed by atoms with Crippen LogP contribution in [0.4, 0.5) is 0 Å². The number of nitrogens with zero attached hydrogens (tertiary/aromatic N) is 1. The fraction of sp³-hybridized carbons (Fsp3) is 1.00. The molecule has 2 aliphatic rings. The summed E-state index contributed by atoms with van der Waals surface area (Å²) in [5, 5.41) is 3.60. The zero-order valence-electron chi connectivity index (χ0n) is 11.3. The second-order valence-corrected chi connectivity index (χ2v) is 5.51. The first kappa shape index (κ1) is 13.3. The monoisotopic (exact) mass is 240 g/mol. The highest BCUT2D eigenvalue weighted by Crippen LogP contribution is 2.19. The summed E-state index contributed by atoms with van der Waals surface area (Å²) < 4.78 is 5.79. The average Bonchev–Trinajstić information content (AvgIpc) is 2.97. The Balaban J connectivity index is 1.65. The molecule has 17 heavy (non-hydrogen) atoms. The first-order valence-electron chi connectivity index (χ1n) is 7.45. The van der Waals surface area contributed by atoms with Crippen LogP contribution >= 0.6 is 0 Å². The van der Waals surface area contributed by atoms with Crippen molar-refractivity contribution in [3.05, 3.63) is 0 Å². The minimum absolute atomic E-state index is 0.689. The fourth-order valence-electron chi connectivity index (χ4n) is 2.99. The van der Waals surface area contributed by atoms with Crippen LogP contribution in [0.3, 0.4) is 0 Å². The molecule has 2 heterocycles. The van der Waals surface area contributed by atoms with Crippen LogP contribution in [-0.4, -0.2) is 49.8 Å². The minimum atomic E-state index is 0.689.